The lowest BCUT2D eigenvalue weighted by atomic mass is 9.98. The molecular weight excluding hydrogens is 252 g/mol. The van der Waals surface area contributed by atoms with Gasteiger partial charge in [-0.15, -0.1) is 0 Å². The van der Waals surface area contributed by atoms with E-state index in [4.69, 9.17) is 0 Å². The predicted molar refractivity (Wildman–Crippen MR) is 67.8 cm³/mol. The number of hydrogen-bond acceptors (Lipinski definition) is 4. The second kappa shape index (κ2) is 3.38. The molecule has 0 spiro atoms. The van der Waals surface area contributed by atoms with E-state index in [9.17, 15) is 18.6 Å². The molecule has 2 aromatic rings. The average molecular weight is 264 g/mol. The minimum absolute atomic E-state index is 0.0103. The van der Waals surface area contributed by atoms with E-state index in [1.165, 1.54) is 12.1 Å². The highest BCUT2D eigenvalue weighted by Crippen LogP contribution is 2.42. The quantitative estimate of drug-likeness (QED) is 0.712. The molecular formula is C13H12O4S. The van der Waals surface area contributed by atoms with Crippen LogP contribution in [0, 0.1) is 6.92 Å². The molecule has 0 fully saturated rings. The third-order valence-electron chi connectivity index (χ3n) is 3.43. The van der Waals surface area contributed by atoms with Crippen molar-refractivity contribution in [2.24, 2.45) is 0 Å². The summed E-state index contributed by atoms with van der Waals surface area (Å²) in [5.41, 5.74) is 1.24. The van der Waals surface area contributed by atoms with Crippen LogP contribution >= 0.6 is 0 Å². The van der Waals surface area contributed by atoms with Gasteiger partial charge in [-0.1, -0.05) is 0 Å². The number of fused-ring (bicyclic) bond motifs is 3. The first-order valence-electron chi connectivity index (χ1n) is 5.61. The van der Waals surface area contributed by atoms with Gasteiger partial charge in [-0.2, -0.15) is 0 Å². The lowest BCUT2D eigenvalue weighted by Crippen LogP contribution is -2.00. The molecule has 18 heavy (non-hydrogen) atoms. The molecule has 1 aliphatic heterocycles. The molecule has 2 aromatic carbocycles. The van der Waals surface area contributed by atoms with Gasteiger partial charge in [0, 0.05) is 10.8 Å². The van der Waals surface area contributed by atoms with Crippen molar-refractivity contribution in [1.82, 2.24) is 0 Å². The molecule has 0 aliphatic carbocycles. The zero-order valence-electron chi connectivity index (χ0n) is 9.77. The van der Waals surface area contributed by atoms with Crippen LogP contribution in [0.3, 0.4) is 0 Å². The number of phenolic OH excluding ortho intramolecular Hbond substituents is 2. The number of hydrogen-bond donors (Lipinski definition) is 2. The minimum Gasteiger partial charge on any atom is -0.507 e. The Balaban J connectivity index is 2.59. The fourth-order valence-electron chi connectivity index (χ4n) is 2.70. The van der Waals surface area contributed by atoms with Gasteiger partial charge < -0.3 is 10.2 Å². The first-order chi connectivity index (χ1) is 8.42. The number of rotatable bonds is 0. The topological polar surface area (TPSA) is 74.6 Å². The van der Waals surface area contributed by atoms with E-state index in [2.05, 4.69) is 0 Å². The Kier molecular flexibility index (Phi) is 2.13. The van der Waals surface area contributed by atoms with Crippen molar-refractivity contribution >= 4 is 20.6 Å². The number of sulfone groups is 1. The Morgan fingerprint density at radius 3 is 2.56 bits per heavy atom. The van der Waals surface area contributed by atoms with Crippen LogP contribution in [0.2, 0.25) is 0 Å². The largest absolute Gasteiger partial charge is 0.507 e. The van der Waals surface area contributed by atoms with Crippen LogP contribution in [-0.4, -0.2) is 24.4 Å². The maximum absolute atomic E-state index is 12.0. The van der Waals surface area contributed by atoms with Crippen molar-refractivity contribution in [1.29, 1.82) is 0 Å². The lowest BCUT2D eigenvalue weighted by molar-refractivity contribution is 0.469. The fraction of sp³-hybridized carbons (Fsp3) is 0.231. The summed E-state index contributed by atoms with van der Waals surface area (Å²) < 4.78 is 23.9. The van der Waals surface area contributed by atoms with Crippen molar-refractivity contribution in [3.05, 3.63) is 29.3 Å². The molecule has 3 rings (SSSR count). The molecule has 5 heteroatoms. The second-order valence-corrected chi connectivity index (χ2v) is 6.64. The number of benzene rings is 2. The van der Waals surface area contributed by atoms with Gasteiger partial charge in [0.15, 0.2) is 9.84 Å². The van der Waals surface area contributed by atoms with Gasteiger partial charge in [-0.25, -0.2) is 8.42 Å². The van der Waals surface area contributed by atoms with Crippen LogP contribution < -0.4 is 0 Å². The Morgan fingerprint density at radius 1 is 1.17 bits per heavy atom. The van der Waals surface area contributed by atoms with Crippen molar-refractivity contribution in [3.63, 3.8) is 0 Å². The average Bonchev–Trinajstić information content (AvgIpc) is 2.61. The zero-order valence-corrected chi connectivity index (χ0v) is 10.6. The Bertz CT molecular complexity index is 775. The van der Waals surface area contributed by atoms with Gasteiger partial charge in [0.2, 0.25) is 0 Å². The molecule has 1 aliphatic rings. The number of aryl methyl sites for hydroxylation is 2. The van der Waals surface area contributed by atoms with Crippen LogP contribution in [0.25, 0.3) is 10.8 Å². The number of aromatic hydroxyl groups is 2. The first kappa shape index (κ1) is 11.3. The van der Waals surface area contributed by atoms with Crippen LogP contribution in [0.5, 0.6) is 11.5 Å². The second-order valence-electron chi connectivity index (χ2n) is 4.60. The van der Waals surface area contributed by atoms with E-state index < -0.39 is 9.84 Å². The maximum atomic E-state index is 12.0. The van der Waals surface area contributed by atoms with Gasteiger partial charge in [-0.05, 0) is 42.7 Å². The smallest absolute Gasteiger partial charge is 0.179 e. The van der Waals surface area contributed by atoms with Gasteiger partial charge in [0.1, 0.15) is 11.5 Å². The third kappa shape index (κ3) is 1.34. The van der Waals surface area contributed by atoms with E-state index in [1.54, 1.807) is 13.0 Å². The highest BCUT2D eigenvalue weighted by molar-refractivity contribution is 7.91. The van der Waals surface area contributed by atoms with Gasteiger partial charge in [0.05, 0.1) is 10.6 Å². The fourth-order valence-corrected chi connectivity index (χ4v) is 4.51. The van der Waals surface area contributed by atoms with Crippen LogP contribution in [0.1, 0.15) is 11.1 Å². The van der Waals surface area contributed by atoms with Gasteiger partial charge in [0.25, 0.3) is 0 Å². The SMILES string of the molecule is Cc1cc2c(O)ccc(O)c2c2c1S(=O)(=O)CC2. The molecule has 0 saturated heterocycles. The van der Waals surface area contributed by atoms with E-state index in [0.717, 1.165) is 0 Å². The molecule has 1 heterocycles. The molecule has 0 atom stereocenters. The minimum atomic E-state index is -3.25. The van der Waals surface area contributed by atoms with E-state index in [-0.39, 0.29) is 17.3 Å². The van der Waals surface area contributed by atoms with Crippen molar-refractivity contribution < 1.29 is 18.6 Å². The molecule has 94 valence electrons. The monoisotopic (exact) mass is 264 g/mol. The Morgan fingerprint density at radius 2 is 1.83 bits per heavy atom. The summed E-state index contributed by atoms with van der Waals surface area (Å²) in [6.07, 6.45) is 0.382. The van der Waals surface area contributed by atoms with Crippen LogP contribution in [0.15, 0.2) is 23.1 Å². The standard InChI is InChI=1S/C13H12O4S/c1-7-6-9-10(14)2-3-11(15)12(9)8-4-5-18(16,17)13(7)8/h2-3,6,14-15H,4-5H2,1H3. The number of phenols is 2. The summed E-state index contributed by atoms with van der Waals surface area (Å²) in [5.74, 6) is 0.131. The Hall–Kier alpha value is -1.75. The molecule has 0 radical (unpaired) electrons. The molecule has 0 saturated carbocycles. The normalized spacial score (nSPS) is 16.9. The van der Waals surface area contributed by atoms with Crippen molar-refractivity contribution in [2.75, 3.05) is 5.75 Å². The van der Waals surface area contributed by atoms with Gasteiger partial charge in [-0.3, -0.25) is 0 Å². The molecule has 0 unspecified atom stereocenters. The molecule has 0 bridgehead atoms. The summed E-state index contributed by atoms with van der Waals surface area (Å²) >= 11 is 0. The van der Waals surface area contributed by atoms with Gasteiger partial charge >= 0.3 is 0 Å². The van der Waals surface area contributed by atoms with Crippen LogP contribution in [-0.2, 0) is 16.3 Å². The summed E-state index contributed by atoms with van der Waals surface area (Å²) in [7, 11) is -3.25. The Labute approximate surface area is 104 Å². The molecule has 4 nitrogen and oxygen atoms in total. The highest BCUT2D eigenvalue weighted by atomic mass is 32.2. The molecule has 0 amide bonds. The first-order valence-corrected chi connectivity index (χ1v) is 7.27. The van der Waals surface area contributed by atoms with Crippen molar-refractivity contribution in [3.8, 4) is 11.5 Å². The van der Waals surface area contributed by atoms with Crippen LogP contribution in [0.4, 0.5) is 0 Å². The summed E-state index contributed by atoms with van der Waals surface area (Å²) in [4.78, 5) is 0.316. The van der Waals surface area contributed by atoms with E-state index in [0.29, 0.717) is 33.2 Å². The third-order valence-corrected chi connectivity index (χ3v) is 5.36. The van der Waals surface area contributed by atoms with E-state index >= 15 is 0 Å². The predicted octanol–water partition coefficient (Wildman–Crippen LogP) is 1.89. The molecule has 0 aromatic heterocycles. The maximum Gasteiger partial charge on any atom is 0.179 e. The summed E-state index contributed by atoms with van der Waals surface area (Å²) in [5, 5.41) is 20.7. The van der Waals surface area contributed by atoms with Crippen molar-refractivity contribution in [2.45, 2.75) is 18.2 Å². The zero-order chi connectivity index (χ0) is 13.1. The summed E-state index contributed by atoms with van der Waals surface area (Å²) in [6.45, 7) is 1.71. The van der Waals surface area contributed by atoms with E-state index in [1.807, 2.05) is 0 Å². The highest BCUT2D eigenvalue weighted by Gasteiger charge is 2.31. The molecule has 2 N–H and O–H groups in total. The summed E-state index contributed by atoms with van der Waals surface area (Å²) in [6, 6.07) is 4.41. The lowest BCUT2D eigenvalue weighted by Gasteiger charge is -2.11.